The van der Waals surface area contributed by atoms with Crippen LogP contribution in [0, 0.1) is 0 Å². The standard InChI is InChI=1S/C11H14N2O2/c1-4-6-9-8(3)10(13-12-9)7-11(14)15-5-2/h4,6,12H,1,3,5,7H2,2H3/b9-6+. The lowest BCUT2D eigenvalue weighted by molar-refractivity contribution is -0.142. The Bertz CT molecular complexity index is 459. The summed E-state index contributed by atoms with van der Waals surface area (Å²) in [5, 5.41) is 8.24. The number of carbonyl (C=O) groups excluding carboxylic acids is 1. The third-order valence-electron chi connectivity index (χ3n) is 1.89. The molecule has 0 aliphatic rings. The molecule has 0 atom stereocenters. The molecule has 80 valence electrons. The van der Waals surface area contributed by atoms with E-state index in [0.29, 0.717) is 17.5 Å². The summed E-state index contributed by atoms with van der Waals surface area (Å²) in [6, 6.07) is 0. The Morgan fingerprint density at radius 1 is 1.67 bits per heavy atom. The number of aromatic nitrogens is 2. The number of allylic oxidation sites excluding steroid dienone is 1. The number of H-pyrrole nitrogens is 1. The summed E-state index contributed by atoms with van der Waals surface area (Å²) in [5.41, 5.74) is 0.613. The van der Waals surface area contributed by atoms with E-state index in [1.54, 1.807) is 19.1 Å². The van der Waals surface area contributed by atoms with E-state index in [1.807, 2.05) is 0 Å². The normalized spacial score (nSPS) is 11.4. The first-order chi connectivity index (χ1) is 7.19. The van der Waals surface area contributed by atoms with Gasteiger partial charge in [-0.25, -0.2) is 0 Å². The summed E-state index contributed by atoms with van der Waals surface area (Å²) in [7, 11) is 0. The van der Waals surface area contributed by atoms with Gasteiger partial charge in [-0.1, -0.05) is 19.2 Å². The molecule has 4 nitrogen and oxygen atoms in total. The summed E-state index contributed by atoms with van der Waals surface area (Å²) in [6.45, 7) is 9.55. The van der Waals surface area contributed by atoms with Crippen molar-refractivity contribution in [2.45, 2.75) is 13.3 Å². The van der Waals surface area contributed by atoms with Gasteiger partial charge in [0.2, 0.25) is 0 Å². The molecule has 0 aliphatic carbocycles. The Morgan fingerprint density at radius 2 is 2.40 bits per heavy atom. The van der Waals surface area contributed by atoms with E-state index in [1.165, 1.54) is 0 Å². The van der Waals surface area contributed by atoms with Crippen molar-refractivity contribution in [1.29, 1.82) is 0 Å². The van der Waals surface area contributed by atoms with Gasteiger partial charge in [0.15, 0.2) is 0 Å². The summed E-state index contributed by atoms with van der Waals surface area (Å²) < 4.78 is 4.82. The number of nitrogens with zero attached hydrogens (tertiary/aromatic N) is 1. The van der Waals surface area contributed by atoms with Gasteiger partial charge in [-0.2, -0.15) is 5.10 Å². The lowest BCUT2D eigenvalue weighted by atomic mass is 10.2. The second-order valence-electron chi connectivity index (χ2n) is 2.95. The van der Waals surface area contributed by atoms with Gasteiger partial charge in [0.25, 0.3) is 0 Å². The average Bonchev–Trinajstić information content (AvgIpc) is 2.51. The first kappa shape index (κ1) is 11.2. The van der Waals surface area contributed by atoms with Crippen molar-refractivity contribution >= 4 is 18.6 Å². The largest absolute Gasteiger partial charge is 0.466 e. The summed E-state index contributed by atoms with van der Waals surface area (Å²) >= 11 is 0. The molecule has 0 fully saturated rings. The molecule has 1 aromatic rings. The molecule has 0 radical (unpaired) electrons. The van der Waals surface area contributed by atoms with E-state index in [4.69, 9.17) is 4.74 Å². The number of aromatic amines is 1. The highest BCUT2D eigenvalue weighted by Crippen LogP contribution is 1.87. The molecule has 0 saturated carbocycles. The van der Waals surface area contributed by atoms with Gasteiger partial charge in [-0.05, 0) is 13.0 Å². The summed E-state index contributed by atoms with van der Waals surface area (Å²) in [4.78, 5) is 11.2. The number of nitrogens with one attached hydrogen (secondary N) is 1. The van der Waals surface area contributed by atoms with E-state index < -0.39 is 0 Å². The number of rotatable bonds is 4. The minimum Gasteiger partial charge on any atom is -0.466 e. The zero-order valence-electron chi connectivity index (χ0n) is 8.75. The number of ether oxygens (including phenoxy) is 1. The molecule has 0 aliphatic heterocycles. The van der Waals surface area contributed by atoms with E-state index in [0.717, 1.165) is 5.35 Å². The van der Waals surface area contributed by atoms with Crippen LogP contribution in [0.4, 0.5) is 0 Å². The highest BCUT2D eigenvalue weighted by molar-refractivity contribution is 5.72. The minimum absolute atomic E-state index is 0.147. The van der Waals surface area contributed by atoms with Crippen molar-refractivity contribution in [3.63, 3.8) is 0 Å². The van der Waals surface area contributed by atoms with Crippen molar-refractivity contribution in [1.82, 2.24) is 10.2 Å². The molecule has 15 heavy (non-hydrogen) atoms. The third kappa shape index (κ3) is 2.80. The highest BCUT2D eigenvalue weighted by Gasteiger charge is 2.07. The maximum atomic E-state index is 11.2. The Morgan fingerprint density at radius 3 is 3.00 bits per heavy atom. The molecule has 0 amide bonds. The number of esters is 1. The third-order valence-corrected chi connectivity index (χ3v) is 1.89. The first-order valence-electron chi connectivity index (χ1n) is 4.69. The van der Waals surface area contributed by atoms with Gasteiger partial charge in [0, 0.05) is 5.22 Å². The smallest absolute Gasteiger partial charge is 0.311 e. The van der Waals surface area contributed by atoms with Gasteiger partial charge in [0.1, 0.15) is 0 Å². The van der Waals surface area contributed by atoms with Crippen LogP contribution < -0.4 is 10.6 Å². The molecular weight excluding hydrogens is 192 g/mol. The molecule has 0 unspecified atom stereocenters. The average molecular weight is 206 g/mol. The van der Waals surface area contributed by atoms with Gasteiger partial charge < -0.3 is 4.74 Å². The minimum atomic E-state index is -0.293. The second kappa shape index (κ2) is 5.14. The van der Waals surface area contributed by atoms with Gasteiger partial charge in [-0.3, -0.25) is 9.89 Å². The Hall–Kier alpha value is -1.84. The van der Waals surface area contributed by atoms with Gasteiger partial charge >= 0.3 is 5.97 Å². The fourth-order valence-corrected chi connectivity index (χ4v) is 1.17. The lowest BCUT2D eigenvalue weighted by Gasteiger charge is -1.97. The molecule has 1 heterocycles. The lowest BCUT2D eigenvalue weighted by Crippen LogP contribution is -2.24. The summed E-state index contributed by atoms with van der Waals surface area (Å²) in [6.07, 6.45) is 3.54. The molecule has 1 N–H and O–H groups in total. The predicted octanol–water partition coefficient (Wildman–Crippen LogP) is -0.108. The molecule has 1 aromatic heterocycles. The first-order valence-corrected chi connectivity index (χ1v) is 4.69. The number of carbonyl (C=O) groups is 1. The van der Waals surface area contributed by atoms with E-state index >= 15 is 0 Å². The number of hydrogen-bond donors (Lipinski definition) is 1. The van der Waals surface area contributed by atoms with Crippen LogP contribution in [-0.4, -0.2) is 22.8 Å². The van der Waals surface area contributed by atoms with Crippen molar-refractivity contribution in [3.8, 4) is 0 Å². The van der Waals surface area contributed by atoms with E-state index in [-0.39, 0.29) is 12.4 Å². The van der Waals surface area contributed by atoms with Crippen LogP contribution in [0.2, 0.25) is 0 Å². The fourth-order valence-electron chi connectivity index (χ4n) is 1.17. The fraction of sp³-hybridized carbons (Fsp3) is 0.273. The van der Waals surface area contributed by atoms with Crippen molar-refractivity contribution < 1.29 is 9.53 Å². The molecular formula is C11H14N2O2. The molecule has 0 spiro atoms. The second-order valence-corrected chi connectivity index (χ2v) is 2.95. The molecule has 0 bridgehead atoms. The van der Waals surface area contributed by atoms with Gasteiger partial charge in [-0.15, -0.1) is 0 Å². The maximum Gasteiger partial charge on any atom is 0.311 e. The van der Waals surface area contributed by atoms with Crippen LogP contribution in [0.15, 0.2) is 12.7 Å². The van der Waals surface area contributed by atoms with Crippen LogP contribution in [-0.2, 0) is 16.0 Å². The quantitative estimate of drug-likeness (QED) is 0.699. The Balaban J connectivity index is 2.89. The Labute approximate surface area is 88.0 Å². The van der Waals surface area contributed by atoms with Crippen LogP contribution in [0.3, 0.4) is 0 Å². The van der Waals surface area contributed by atoms with Crippen LogP contribution in [0.25, 0.3) is 12.7 Å². The van der Waals surface area contributed by atoms with Gasteiger partial charge in [0.05, 0.1) is 24.1 Å². The maximum absolute atomic E-state index is 11.2. The Kier molecular flexibility index (Phi) is 3.85. The predicted molar refractivity (Wildman–Crippen MR) is 58.4 cm³/mol. The molecule has 0 saturated heterocycles. The highest BCUT2D eigenvalue weighted by atomic mass is 16.5. The molecule has 1 rings (SSSR count). The molecule has 4 heteroatoms. The van der Waals surface area contributed by atoms with Crippen molar-refractivity contribution in [2.24, 2.45) is 0 Å². The molecule has 0 aromatic carbocycles. The zero-order chi connectivity index (χ0) is 11.3. The van der Waals surface area contributed by atoms with Crippen LogP contribution in [0.5, 0.6) is 0 Å². The van der Waals surface area contributed by atoms with Crippen LogP contribution >= 0.6 is 0 Å². The number of hydrogen-bond acceptors (Lipinski definition) is 3. The van der Waals surface area contributed by atoms with E-state index in [2.05, 4.69) is 23.4 Å². The van der Waals surface area contributed by atoms with E-state index in [9.17, 15) is 4.79 Å². The summed E-state index contributed by atoms with van der Waals surface area (Å²) in [5.74, 6) is -0.293. The monoisotopic (exact) mass is 206 g/mol. The van der Waals surface area contributed by atoms with Crippen molar-refractivity contribution in [3.05, 3.63) is 28.9 Å². The van der Waals surface area contributed by atoms with Crippen LogP contribution in [0.1, 0.15) is 12.6 Å². The zero-order valence-corrected chi connectivity index (χ0v) is 8.75. The topological polar surface area (TPSA) is 55.0 Å². The van der Waals surface area contributed by atoms with Crippen molar-refractivity contribution in [2.75, 3.05) is 6.61 Å². The SMILES string of the molecule is C=C/C=c1/[nH]nc(CC(=O)OCC)c1=C.